The first-order valence-electron chi connectivity index (χ1n) is 6.08. The van der Waals surface area contributed by atoms with Crippen LogP contribution in [0.2, 0.25) is 0 Å². The molecule has 0 heterocycles. The summed E-state index contributed by atoms with van der Waals surface area (Å²) in [5, 5.41) is 0. The van der Waals surface area contributed by atoms with E-state index in [0.717, 1.165) is 19.1 Å². The number of ketones is 1. The first-order chi connectivity index (χ1) is 6.83. The van der Waals surface area contributed by atoms with Crippen molar-refractivity contribution in [1.29, 1.82) is 0 Å². The van der Waals surface area contributed by atoms with Gasteiger partial charge in [0.15, 0.2) is 0 Å². The first kappa shape index (κ1) is 12.7. The maximum absolute atomic E-state index is 11.5. The fraction of sp³-hybridized carbons (Fsp3) is 0.923. The molecule has 88 valence electrons. The molecule has 0 aromatic carbocycles. The lowest BCUT2D eigenvalue weighted by Crippen LogP contribution is -2.41. The summed E-state index contributed by atoms with van der Waals surface area (Å²) >= 11 is 0. The van der Waals surface area contributed by atoms with Gasteiger partial charge in [0.2, 0.25) is 0 Å². The van der Waals surface area contributed by atoms with E-state index in [1.807, 2.05) is 0 Å². The Kier molecular flexibility index (Phi) is 3.93. The standard InChI is InChI=1S/C13H25NO/c1-10(2)8-14(12-6-7-12)9-13(4,5)11(3)15/h10,12H,6-9H2,1-5H3. The van der Waals surface area contributed by atoms with Gasteiger partial charge in [-0.05, 0) is 25.7 Å². The second-order valence-electron chi connectivity index (χ2n) is 5.99. The van der Waals surface area contributed by atoms with Gasteiger partial charge in [-0.3, -0.25) is 9.69 Å². The van der Waals surface area contributed by atoms with Crippen LogP contribution in [0.3, 0.4) is 0 Å². The van der Waals surface area contributed by atoms with Gasteiger partial charge in [-0.2, -0.15) is 0 Å². The molecule has 2 nitrogen and oxygen atoms in total. The minimum absolute atomic E-state index is 0.183. The lowest BCUT2D eigenvalue weighted by molar-refractivity contribution is -0.126. The Labute approximate surface area is 94.0 Å². The molecule has 1 aliphatic carbocycles. The van der Waals surface area contributed by atoms with Crippen LogP contribution >= 0.6 is 0 Å². The molecule has 1 fully saturated rings. The van der Waals surface area contributed by atoms with Crippen LogP contribution in [0.4, 0.5) is 0 Å². The third-order valence-electron chi connectivity index (χ3n) is 3.21. The quantitative estimate of drug-likeness (QED) is 0.673. The Morgan fingerprint density at radius 1 is 1.40 bits per heavy atom. The number of hydrogen-bond donors (Lipinski definition) is 0. The average Bonchev–Trinajstić information content (AvgIpc) is 2.82. The normalized spacial score (nSPS) is 17.5. The molecule has 1 aliphatic rings. The molecule has 0 unspecified atom stereocenters. The van der Waals surface area contributed by atoms with E-state index in [0.29, 0.717) is 11.7 Å². The third-order valence-corrected chi connectivity index (χ3v) is 3.21. The Bertz CT molecular complexity index is 229. The molecule has 1 rings (SSSR count). The third kappa shape index (κ3) is 3.94. The molecule has 0 saturated heterocycles. The molecule has 0 radical (unpaired) electrons. The summed E-state index contributed by atoms with van der Waals surface area (Å²) in [5.41, 5.74) is -0.183. The van der Waals surface area contributed by atoms with Crippen molar-refractivity contribution in [2.75, 3.05) is 13.1 Å². The van der Waals surface area contributed by atoms with E-state index in [-0.39, 0.29) is 5.41 Å². The van der Waals surface area contributed by atoms with Crippen molar-refractivity contribution in [3.63, 3.8) is 0 Å². The van der Waals surface area contributed by atoms with Gasteiger partial charge in [0.1, 0.15) is 5.78 Å². The SMILES string of the molecule is CC(=O)C(C)(C)CN(CC(C)C)C1CC1. The van der Waals surface area contributed by atoms with Crippen LogP contribution in [-0.2, 0) is 4.79 Å². The number of Topliss-reactive ketones (excluding diaryl/α,β-unsaturated/α-hetero) is 1. The molecule has 0 aliphatic heterocycles. The Morgan fingerprint density at radius 3 is 2.27 bits per heavy atom. The fourth-order valence-electron chi connectivity index (χ4n) is 1.87. The van der Waals surface area contributed by atoms with E-state index >= 15 is 0 Å². The summed E-state index contributed by atoms with van der Waals surface area (Å²) in [5.74, 6) is 0.991. The summed E-state index contributed by atoms with van der Waals surface area (Å²) < 4.78 is 0. The monoisotopic (exact) mass is 211 g/mol. The van der Waals surface area contributed by atoms with Gasteiger partial charge in [0, 0.05) is 24.5 Å². The molecule has 0 amide bonds. The van der Waals surface area contributed by atoms with Gasteiger partial charge in [-0.1, -0.05) is 27.7 Å². The van der Waals surface area contributed by atoms with Gasteiger partial charge in [-0.25, -0.2) is 0 Å². The minimum Gasteiger partial charge on any atom is -0.299 e. The number of carbonyl (C=O) groups excluding carboxylic acids is 1. The second kappa shape index (κ2) is 4.65. The molecular weight excluding hydrogens is 186 g/mol. The van der Waals surface area contributed by atoms with Crippen LogP contribution < -0.4 is 0 Å². The minimum atomic E-state index is -0.183. The molecule has 2 heteroatoms. The highest BCUT2D eigenvalue weighted by molar-refractivity contribution is 5.81. The van der Waals surface area contributed by atoms with Crippen LogP contribution in [0.5, 0.6) is 0 Å². The summed E-state index contributed by atoms with van der Waals surface area (Å²) in [7, 11) is 0. The summed E-state index contributed by atoms with van der Waals surface area (Å²) in [6.45, 7) is 12.4. The van der Waals surface area contributed by atoms with Crippen LogP contribution in [0.25, 0.3) is 0 Å². The van der Waals surface area contributed by atoms with E-state index in [4.69, 9.17) is 0 Å². The molecule has 0 atom stereocenters. The smallest absolute Gasteiger partial charge is 0.136 e. The second-order valence-corrected chi connectivity index (χ2v) is 5.99. The highest BCUT2D eigenvalue weighted by atomic mass is 16.1. The summed E-state index contributed by atoms with van der Waals surface area (Å²) in [6.07, 6.45) is 2.64. The number of carbonyl (C=O) groups is 1. The van der Waals surface area contributed by atoms with Crippen LogP contribution in [0.1, 0.15) is 47.5 Å². The molecule has 15 heavy (non-hydrogen) atoms. The maximum atomic E-state index is 11.5. The van der Waals surface area contributed by atoms with E-state index in [1.54, 1.807) is 6.92 Å². The Morgan fingerprint density at radius 2 is 1.93 bits per heavy atom. The molecule has 1 saturated carbocycles. The maximum Gasteiger partial charge on any atom is 0.136 e. The van der Waals surface area contributed by atoms with Crippen molar-refractivity contribution in [2.24, 2.45) is 11.3 Å². The zero-order valence-corrected chi connectivity index (χ0v) is 10.8. The van der Waals surface area contributed by atoms with E-state index in [1.165, 1.54) is 12.8 Å². The molecular formula is C13H25NO. The van der Waals surface area contributed by atoms with E-state index in [9.17, 15) is 4.79 Å². The Hall–Kier alpha value is -0.370. The van der Waals surface area contributed by atoms with Crippen LogP contribution in [-0.4, -0.2) is 29.8 Å². The van der Waals surface area contributed by atoms with Gasteiger partial charge in [0.25, 0.3) is 0 Å². The summed E-state index contributed by atoms with van der Waals surface area (Å²) in [4.78, 5) is 14.0. The fourth-order valence-corrected chi connectivity index (χ4v) is 1.87. The number of hydrogen-bond acceptors (Lipinski definition) is 2. The summed E-state index contributed by atoms with van der Waals surface area (Å²) in [6, 6.07) is 0.756. The van der Waals surface area contributed by atoms with E-state index < -0.39 is 0 Å². The highest BCUT2D eigenvalue weighted by Gasteiger charge is 2.34. The topological polar surface area (TPSA) is 20.3 Å². The number of nitrogens with zero attached hydrogens (tertiary/aromatic N) is 1. The lowest BCUT2D eigenvalue weighted by Gasteiger charge is -2.32. The lowest BCUT2D eigenvalue weighted by atomic mass is 9.88. The van der Waals surface area contributed by atoms with Gasteiger partial charge < -0.3 is 0 Å². The largest absolute Gasteiger partial charge is 0.299 e. The Balaban J connectivity index is 2.54. The predicted molar refractivity (Wildman–Crippen MR) is 63.9 cm³/mol. The van der Waals surface area contributed by atoms with Crippen LogP contribution in [0, 0.1) is 11.3 Å². The predicted octanol–water partition coefficient (Wildman–Crippen LogP) is 2.72. The number of rotatable bonds is 6. The molecule has 0 aromatic heterocycles. The molecule has 0 N–H and O–H groups in total. The molecule has 0 spiro atoms. The van der Waals surface area contributed by atoms with Crippen molar-refractivity contribution in [3.05, 3.63) is 0 Å². The van der Waals surface area contributed by atoms with Crippen molar-refractivity contribution < 1.29 is 4.79 Å². The van der Waals surface area contributed by atoms with Crippen LogP contribution in [0.15, 0.2) is 0 Å². The molecule has 0 bridgehead atoms. The van der Waals surface area contributed by atoms with Gasteiger partial charge >= 0.3 is 0 Å². The van der Waals surface area contributed by atoms with Crippen molar-refractivity contribution in [3.8, 4) is 0 Å². The van der Waals surface area contributed by atoms with Crippen molar-refractivity contribution in [1.82, 2.24) is 4.90 Å². The van der Waals surface area contributed by atoms with Crippen molar-refractivity contribution >= 4 is 5.78 Å². The van der Waals surface area contributed by atoms with E-state index in [2.05, 4.69) is 32.6 Å². The first-order valence-corrected chi connectivity index (χ1v) is 6.08. The van der Waals surface area contributed by atoms with Crippen molar-refractivity contribution in [2.45, 2.75) is 53.5 Å². The van der Waals surface area contributed by atoms with Gasteiger partial charge in [-0.15, -0.1) is 0 Å². The molecule has 0 aromatic rings. The van der Waals surface area contributed by atoms with Gasteiger partial charge in [0.05, 0.1) is 0 Å². The highest BCUT2D eigenvalue weighted by Crippen LogP contribution is 2.31. The zero-order valence-electron chi connectivity index (χ0n) is 10.8. The zero-order chi connectivity index (χ0) is 11.6. The average molecular weight is 211 g/mol.